The highest BCUT2D eigenvalue weighted by Gasteiger charge is 2.45. The van der Waals surface area contributed by atoms with Crippen molar-refractivity contribution in [1.82, 2.24) is 0 Å². The molecule has 11 heteroatoms. The highest BCUT2D eigenvalue weighted by Crippen LogP contribution is 2.40. The first-order valence-electron chi connectivity index (χ1n) is 11.9. The van der Waals surface area contributed by atoms with Crippen molar-refractivity contribution in [3.63, 3.8) is 0 Å². The van der Waals surface area contributed by atoms with Gasteiger partial charge >= 0.3 is 0 Å². The normalized spacial score (nSPS) is 23.3. The summed E-state index contributed by atoms with van der Waals surface area (Å²) in [5, 5.41) is 61.3. The summed E-state index contributed by atoms with van der Waals surface area (Å²) in [6.45, 7) is 3.05. The molecule has 3 aromatic rings. The molecule has 38 heavy (non-hydrogen) atoms. The highest BCUT2D eigenvalue weighted by molar-refractivity contribution is 5.91. The number of hydrogen-bond acceptors (Lipinski definition) is 11. The lowest BCUT2D eigenvalue weighted by Gasteiger charge is -2.39. The molecule has 1 saturated heterocycles. The zero-order valence-corrected chi connectivity index (χ0v) is 21.0. The highest BCUT2D eigenvalue weighted by atomic mass is 16.7. The third kappa shape index (κ3) is 5.06. The molecule has 204 valence electrons. The quantitative estimate of drug-likeness (QED) is 0.244. The Bertz CT molecular complexity index is 1390. The molecule has 1 aromatic heterocycles. The second kappa shape index (κ2) is 11.0. The van der Waals surface area contributed by atoms with Gasteiger partial charge in [0.25, 0.3) is 0 Å². The van der Waals surface area contributed by atoms with Gasteiger partial charge in [0.05, 0.1) is 13.7 Å². The number of phenols is 1. The largest absolute Gasteiger partial charge is 0.507 e. The summed E-state index contributed by atoms with van der Waals surface area (Å²) < 4.78 is 22.5. The Morgan fingerprint density at radius 1 is 1.05 bits per heavy atom. The molecule has 4 rings (SSSR count). The minimum atomic E-state index is -1.70. The van der Waals surface area contributed by atoms with Gasteiger partial charge in [0.15, 0.2) is 5.76 Å². The summed E-state index contributed by atoms with van der Waals surface area (Å²) in [7, 11) is 1.50. The van der Waals surface area contributed by atoms with Crippen molar-refractivity contribution in [2.75, 3.05) is 13.7 Å². The Labute approximate surface area is 217 Å². The average Bonchev–Trinajstić information content (AvgIpc) is 2.90. The van der Waals surface area contributed by atoms with E-state index in [1.54, 1.807) is 24.3 Å². The molecule has 6 N–H and O–H groups in total. The molecule has 0 bridgehead atoms. The number of aromatic hydroxyl groups is 2. The molecule has 0 spiro atoms. The number of rotatable bonds is 7. The van der Waals surface area contributed by atoms with Crippen molar-refractivity contribution in [3.05, 3.63) is 57.8 Å². The molecule has 1 fully saturated rings. The molecule has 0 aliphatic carbocycles. The Balaban J connectivity index is 1.90. The van der Waals surface area contributed by atoms with Crippen LogP contribution in [0.3, 0.4) is 0 Å². The van der Waals surface area contributed by atoms with E-state index >= 15 is 0 Å². The van der Waals surface area contributed by atoms with Crippen LogP contribution in [0.2, 0.25) is 0 Å². The molecular weight excluding hydrogens is 500 g/mol. The van der Waals surface area contributed by atoms with Crippen molar-refractivity contribution < 1.29 is 49.3 Å². The summed E-state index contributed by atoms with van der Waals surface area (Å²) in [4.78, 5) is 13.2. The Morgan fingerprint density at radius 2 is 1.74 bits per heavy atom. The third-order valence-corrected chi connectivity index (χ3v) is 6.34. The molecule has 11 nitrogen and oxygen atoms in total. The van der Waals surface area contributed by atoms with Crippen molar-refractivity contribution in [2.45, 2.75) is 51.0 Å². The van der Waals surface area contributed by atoms with Gasteiger partial charge in [-0.3, -0.25) is 4.79 Å². The number of ether oxygens (including phenoxy) is 3. The smallest absolute Gasteiger partial charge is 0.238 e. The first-order valence-corrected chi connectivity index (χ1v) is 11.9. The molecule has 0 amide bonds. The first-order chi connectivity index (χ1) is 18.1. The van der Waals surface area contributed by atoms with E-state index in [4.69, 9.17) is 18.6 Å². The second-order valence-electron chi connectivity index (χ2n) is 9.21. The van der Waals surface area contributed by atoms with Crippen LogP contribution in [-0.2, 0) is 11.2 Å². The predicted octanol–water partition coefficient (Wildman–Crippen LogP) is 1.57. The van der Waals surface area contributed by atoms with Crippen LogP contribution in [0.25, 0.3) is 22.3 Å². The van der Waals surface area contributed by atoms with Gasteiger partial charge in [-0.15, -0.1) is 0 Å². The lowest BCUT2D eigenvalue weighted by Crippen LogP contribution is -2.60. The lowest BCUT2D eigenvalue weighted by atomic mass is 9.99. The summed E-state index contributed by atoms with van der Waals surface area (Å²) >= 11 is 0. The zero-order chi connectivity index (χ0) is 27.7. The number of fused-ring (bicyclic) bond motifs is 1. The van der Waals surface area contributed by atoms with Gasteiger partial charge in [-0.1, -0.05) is 11.6 Å². The molecule has 0 radical (unpaired) electrons. The standard InChI is InChI=1S/C27H30O11/c1-12(2)4-9-15-17(36-27-24(34)22(32)20(30)18(11-28)37-27)10-16(29)19-21(31)23(33)25(38-26(15)19)13-5-7-14(35-3)8-6-13/h4-8,10,18,20,22,24,27-30,32-34H,9,11H2,1-3H3/t18-,20-,22+,24-,27+/m1/s1. The predicted molar refractivity (Wildman–Crippen MR) is 135 cm³/mol. The maximum Gasteiger partial charge on any atom is 0.238 e. The van der Waals surface area contributed by atoms with Crippen molar-refractivity contribution in [1.29, 1.82) is 0 Å². The molecule has 0 saturated carbocycles. The fraction of sp³-hybridized carbons (Fsp3) is 0.370. The van der Waals surface area contributed by atoms with Crippen molar-refractivity contribution >= 4 is 11.0 Å². The van der Waals surface area contributed by atoms with E-state index in [1.807, 2.05) is 19.9 Å². The van der Waals surface area contributed by atoms with Crippen LogP contribution in [0, 0.1) is 0 Å². The van der Waals surface area contributed by atoms with E-state index < -0.39 is 54.2 Å². The maximum absolute atomic E-state index is 13.2. The van der Waals surface area contributed by atoms with Gasteiger partial charge in [0, 0.05) is 17.2 Å². The topological polar surface area (TPSA) is 179 Å². The summed E-state index contributed by atoms with van der Waals surface area (Å²) in [5.41, 5.74) is 0.627. The van der Waals surface area contributed by atoms with Gasteiger partial charge < -0.3 is 49.3 Å². The van der Waals surface area contributed by atoms with Crippen molar-refractivity contribution in [2.24, 2.45) is 0 Å². The average molecular weight is 531 g/mol. The third-order valence-electron chi connectivity index (χ3n) is 6.34. The van der Waals surface area contributed by atoms with Crippen molar-refractivity contribution in [3.8, 4) is 34.3 Å². The minimum absolute atomic E-state index is 0.0497. The molecule has 5 atom stereocenters. The van der Waals surface area contributed by atoms with Gasteiger partial charge in [-0.25, -0.2) is 0 Å². The lowest BCUT2D eigenvalue weighted by molar-refractivity contribution is -0.277. The van der Waals surface area contributed by atoms with E-state index in [-0.39, 0.29) is 34.5 Å². The monoisotopic (exact) mass is 530 g/mol. The SMILES string of the molecule is COc1ccc(-c2oc3c(CC=C(C)C)c(O[C@H]4O[C@H](CO)[C@@H](O)[C@H](O)[C@H]4O)cc(O)c3c(=O)c2O)cc1. The van der Waals surface area contributed by atoms with Gasteiger partial charge in [0.2, 0.25) is 17.5 Å². The van der Waals surface area contributed by atoms with Crippen LogP contribution in [-0.4, -0.2) is 75.1 Å². The fourth-order valence-electron chi connectivity index (χ4n) is 4.20. The molecule has 2 aromatic carbocycles. The van der Waals surface area contributed by atoms with Gasteiger partial charge in [0.1, 0.15) is 52.6 Å². The number of methoxy groups -OCH3 is 1. The number of aliphatic hydroxyl groups is 4. The van der Waals surface area contributed by atoms with Crippen LogP contribution in [0.1, 0.15) is 19.4 Å². The number of phenolic OH excluding ortho intramolecular Hbond substituents is 1. The maximum atomic E-state index is 13.2. The number of aliphatic hydroxyl groups excluding tert-OH is 4. The minimum Gasteiger partial charge on any atom is -0.507 e. The van der Waals surface area contributed by atoms with Crippen LogP contribution in [0.5, 0.6) is 23.0 Å². The number of benzene rings is 2. The Morgan fingerprint density at radius 3 is 2.34 bits per heavy atom. The number of allylic oxidation sites excluding steroid dienone is 2. The molecular formula is C27H30O11. The summed E-state index contributed by atoms with van der Waals surface area (Å²) in [5.74, 6) is -0.910. The molecule has 1 aliphatic rings. The summed E-state index contributed by atoms with van der Waals surface area (Å²) in [6, 6.07) is 7.54. The Kier molecular flexibility index (Phi) is 7.95. The fourth-order valence-corrected chi connectivity index (χ4v) is 4.20. The van der Waals surface area contributed by atoms with Gasteiger partial charge in [-0.05, 0) is 44.5 Å². The molecule has 0 unspecified atom stereocenters. The van der Waals surface area contributed by atoms with E-state index in [2.05, 4.69) is 0 Å². The number of hydrogen-bond donors (Lipinski definition) is 6. The van der Waals surface area contributed by atoms with E-state index in [0.29, 0.717) is 11.3 Å². The second-order valence-corrected chi connectivity index (χ2v) is 9.21. The van der Waals surface area contributed by atoms with E-state index in [1.165, 1.54) is 7.11 Å². The zero-order valence-electron chi connectivity index (χ0n) is 21.0. The van der Waals surface area contributed by atoms with Crippen LogP contribution in [0.15, 0.2) is 51.2 Å². The van der Waals surface area contributed by atoms with E-state index in [0.717, 1.165) is 11.6 Å². The molecule has 2 heterocycles. The van der Waals surface area contributed by atoms with Gasteiger partial charge in [-0.2, -0.15) is 0 Å². The van der Waals surface area contributed by atoms with Crippen LogP contribution >= 0.6 is 0 Å². The Hall–Kier alpha value is -3.61. The molecule has 1 aliphatic heterocycles. The van der Waals surface area contributed by atoms with Crippen LogP contribution < -0.4 is 14.9 Å². The first kappa shape index (κ1) is 27.4. The van der Waals surface area contributed by atoms with Crippen LogP contribution in [0.4, 0.5) is 0 Å². The summed E-state index contributed by atoms with van der Waals surface area (Å²) in [6.07, 6.45) is -5.77. The van der Waals surface area contributed by atoms with E-state index in [9.17, 15) is 35.4 Å².